The van der Waals surface area contributed by atoms with Gasteiger partial charge in [0.1, 0.15) is 0 Å². The smallest absolute Gasteiger partial charge is 0.0633 e. The number of pyridine rings is 1. The first-order chi connectivity index (χ1) is 8.84. The lowest BCUT2D eigenvalue weighted by Crippen LogP contribution is -1.97. The monoisotopic (exact) mass is 235 g/mol. The summed E-state index contributed by atoms with van der Waals surface area (Å²) in [6, 6.07) is 16.0. The summed E-state index contributed by atoms with van der Waals surface area (Å²) in [6.07, 6.45) is 3.52. The Morgan fingerprint density at radius 1 is 0.944 bits per heavy atom. The number of benzene rings is 2. The maximum Gasteiger partial charge on any atom is 0.0633 e. The van der Waals surface area contributed by atoms with Gasteiger partial charge in [-0.1, -0.05) is 30.3 Å². The molecule has 0 spiro atoms. The number of anilines is 3. The van der Waals surface area contributed by atoms with Crippen molar-refractivity contribution in [3.63, 3.8) is 0 Å². The Labute approximate surface area is 105 Å². The molecule has 0 aliphatic carbocycles. The normalized spacial score (nSPS) is 10.4. The van der Waals surface area contributed by atoms with Crippen molar-refractivity contribution in [2.75, 3.05) is 11.1 Å². The van der Waals surface area contributed by atoms with Gasteiger partial charge in [0.2, 0.25) is 0 Å². The number of rotatable bonds is 2. The summed E-state index contributed by atoms with van der Waals surface area (Å²) < 4.78 is 0. The minimum atomic E-state index is 0.761. The number of hydrogen-bond donors (Lipinski definition) is 2. The van der Waals surface area contributed by atoms with Crippen molar-refractivity contribution in [3.8, 4) is 0 Å². The quantitative estimate of drug-likeness (QED) is 0.668. The average molecular weight is 235 g/mol. The summed E-state index contributed by atoms with van der Waals surface area (Å²) in [6.45, 7) is 0. The third-order valence-electron chi connectivity index (χ3n) is 2.91. The van der Waals surface area contributed by atoms with Crippen LogP contribution in [0.15, 0.2) is 60.9 Å². The maximum absolute atomic E-state index is 6.18. The van der Waals surface area contributed by atoms with E-state index in [1.807, 2.05) is 36.4 Å². The largest absolute Gasteiger partial charge is 0.397 e. The summed E-state index contributed by atoms with van der Waals surface area (Å²) in [5.41, 5.74) is 8.78. The van der Waals surface area contributed by atoms with Gasteiger partial charge >= 0.3 is 0 Å². The van der Waals surface area contributed by atoms with E-state index >= 15 is 0 Å². The van der Waals surface area contributed by atoms with Crippen LogP contribution in [0.5, 0.6) is 0 Å². The Bertz CT molecular complexity index is 678. The molecule has 0 amide bonds. The molecule has 1 aromatic heterocycles. The molecule has 3 heteroatoms. The lowest BCUT2D eigenvalue weighted by molar-refractivity contribution is 1.32. The average Bonchev–Trinajstić information content (AvgIpc) is 2.43. The van der Waals surface area contributed by atoms with Gasteiger partial charge in [0.15, 0.2) is 0 Å². The molecule has 3 nitrogen and oxygen atoms in total. The van der Waals surface area contributed by atoms with Crippen molar-refractivity contribution >= 4 is 27.8 Å². The van der Waals surface area contributed by atoms with Crippen molar-refractivity contribution in [1.29, 1.82) is 0 Å². The summed E-state index contributed by atoms with van der Waals surface area (Å²) in [7, 11) is 0. The molecule has 0 saturated carbocycles. The zero-order chi connectivity index (χ0) is 12.4. The fourth-order valence-corrected chi connectivity index (χ4v) is 2.00. The first-order valence-corrected chi connectivity index (χ1v) is 5.79. The Kier molecular flexibility index (Phi) is 2.57. The molecule has 3 rings (SSSR count). The molecular formula is C15H13N3. The van der Waals surface area contributed by atoms with Gasteiger partial charge < -0.3 is 11.1 Å². The first kappa shape index (κ1) is 10.6. The molecule has 88 valence electrons. The molecule has 0 radical (unpaired) electrons. The van der Waals surface area contributed by atoms with Crippen molar-refractivity contribution in [1.82, 2.24) is 4.98 Å². The van der Waals surface area contributed by atoms with Gasteiger partial charge in [-0.3, -0.25) is 4.98 Å². The standard InChI is InChI=1S/C15H13N3/c16-15-13-6-2-1-4-11(13)7-8-14(15)18-12-5-3-9-17-10-12/h1-10,18H,16H2. The minimum absolute atomic E-state index is 0.761. The van der Waals surface area contributed by atoms with E-state index in [4.69, 9.17) is 5.73 Å². The molecule has 0 aliphatic heterocycles. The minimum Gasteiger partial charge on any atom is -0.397 e. The van der Waals surface area contributed by atoms with Crippen LogP contribution >= 0.6 is 0 Å². The van der Waals surface area contributed by atoms with Crippen LogP contribution in [-0.2, 0) is 0 Å². The fourth-order valence-electron chi connectivity index (χ4n) is 2.00. The molecular weight excluding hydrogens is 222 g/mol. The number of fused-ring (bicyclic) bond motifs is 1. The van der Waals surface area contributed by atoms with Gasteiger partial charge in [-0.15, -0.1) is 0 Å². The van der Waals surface area contributed by atoms with E-state index in [0.717, 1.165) is 27.8 Å². The summed E-state index contributed by atoms with van der Waals surface area (Å²) in [4.78, 5) is 4.07. The Morgan fingerprint density at radius 2 is 1.83 bits per heavy atom. The van der Waals surface area contributed by atoms with Crippen molar-refractivity contribution in [2.45, 2.75) is 0 Å². The Hall–Kier alpha value is -2.55. The molecule has 0 atom stereocenters. The van der Waals surface area contributed by atoms with E-state index < -0.39 is 0 Å². The number of aromatic nitrogens is 1. The zero-order valence-electron chi connectivity index (χ0n) is 9.80. The van der Waals surface area contributed by atoms with Gasteiger partial charge in [0.25, 0.3) is 0 Å². The predicted octanol–water partition coefficient (Wildman–Crippen LogP) is 3.56. The summed E-state index contributed by atoms with van der Waals surface area (Å²) in [5, 5.41) is 5.48. The number of nitrogen functional groups attached to an aromatic ring is 1. The second-order valence-corrected chi connectivity index (χ2v) is 4.11. The van der Waals surface area contributed by atoms with E-state index in [1.54, 1.807) is 12.4 Å². The Balaban J connectivity index is 2.05. The van der Waals surface area contributed by atoms with E-state index in [-0.39, 0.29) is 0 Å². The van der Waals surface area contributed by atoms with Crippen LogP contribution in [0, 0.1) is 0 Å². The molecule has 0 aliphatic rings. The van der Waals surface area contributed by atoms with Gasteiger partial charge in [0.05, 0.1) is 23.3 Å². The van der Waals surface area contributed by atoms with Gasteiger partial charge in [-0.25, -0.2) is 0 Å². The van der Waals surface area contributed by atoms with Crippen LogP contribution in [0.1, 0.15) is 0 Å². The highest BCUT2D eigenvalue weighted by Crippen LogP contribution is 2.30. The first-order valence-electron chi connectivity index (χ1n) is 5.79. The Morgan fingerprint density at radius 3 is 2.67 bits per heavy atom. The second-order valence-electron chi connectivity index (χ2n) is 4.11. The highest BCUT2D eigenvalue weighted by atomic mass is 14.9. The predicted molar refractivity (Wildman–Crippen MR) is 75.9 cm³/mol. The third-order valence-corrected chi connectivity index (χ3v) is 2.91. The van der Waals surface area contributed by atoms with Gasteiger partial charge in [-0.05, 0) is 23.6 Å². The zero-order valence-corrected chi connectivity index (χ0v) is 9.80. The van der Waals surface area contributed by atoms with Crippen LogP contribution in [0.2, 0.25) is 0 Å². The van der Waals surface area contributed by atoms with E-state index in [0.29, 0.717) is 0 Å². The summed E-state index contributed by atoms with van der Waals surface area (Å²) >= 11 is 0. The van der Waals surface area contributed by atoms with E-state index in [2.05, 4.69) is 22.4 Å². The van der Waals surface area contributed by atoms with Gasteiger partial charge in [-0.2, -0.15) is 0 Å². The van der Waals surface area contributed by atoms with E-state index in [9.17, 15) is 0 Å². The van der Waals surface area contributed by atoms with Crippen molar-refractivity contribution < 1.29 is 0 Å². The number of nitrogens with one attached hydrogen (secondary N) is 1. The second kappa shape index (κ2) is 4.37. The molecule has 0 unspecified atom stereocenters. The third kappa shape index (κ3) is 1.86. The molecule has 1 heterocycles. The highest BCUT2D eigenvalue weighted by Gasteiger charge is 2.04. The molecule has 3 aromatic rings. The maximum atomic E-state index is 6.18. The number of nitrogens with two attached hydrogens (primary N) is 1. The highest BCUT2D eigenvalue weighted by molar-refractivity contribution is 5.99. The van der Waals surface area contributed by atoms with Gasteiger partial charge in [0, 0.05) is 11.6 Å². The van der Waals surface area contributed by atoms with Crippen LogP contribution < -0.4 is 11.1 Å². The molecule has 18 heavy (non-hydrogen) atoms. The van der Waals surface area contributed by atoms with E-state index in [1.165, 1.54) is 0 Å². The number of hydrogen-bond acceptors (Lipinski definition) is 3. The van der Waals surface area contributed by atoms with Crippen molar-refractivity contribution in [3.05, 3.63) is 60.9 Å². The molecule has 3 N–H and O–H groups in total. The SMILES string of the molecule is Nc1c(Nc2cccnc2)ccc2ccccc12. The molecule has 0 fully saturated rings. The lowest BCUT2D eigenvalue weighted by Gasteiger charge is -2.11. The number of nitrogens with zero attached hydrogens (tertiary/aromatic N) is 1. The van der Waals surface area contributed by atoms with Crippen molar-refractivity contribution in [2.24, 2.45) is 0 Å². The van der Waals surface area contributed by atoms with Crippen LogP contribution in [0.25, 0.3) is 10.8 Å². The molecule has 0 bridgehead atoms. The fraction of sp³-hybridized carbons (Fsp3) is 0. The molecule has 2 aromatic carbocycles. The lowest BCUT2D eigenvalue weighted by atomic mass is 10.1. The summed E-state index contributed by atoms with van der Waals surface area (Å²) in [5.74, 6) is 0. The van der Waals surface area contributed by atoms with Crippen LogP contribution in [0.4, 0.5) is 17.1 Å². The molecule has 0 saturated heterocycles. The van der Waals surface area contributed by atoms with Crippen LogP contribution in [-0.4, -0.2) is 4.98 Å². The topological polar surface area (TPSA) is 50.9 Å². The van der Waals surface area contributed by atoms with Crippen LogP contribution in [0.3, 0.4) is 0 Å².